The highest BCUT2D eigenvalue weighted by atomic mass is 35.5. The molecule has 2 rings (SSSR count). The first kappa shape index (κ1) is 25.2. The predicted molar refractivity (Wildman–Crippen MR) is 122 cm³/mol. The predicted octanol–water partition coefficient (Wildman–Crippen LogP) is 3.42. The molecule has 172 valence electrons. The van der Waals surface area contributed by atoms with E-state index in [4.69, 9.17) is 22.1 Å². The lowest BCUT2D eigenvalue weighted by Gasteiger charge is -2.15. The van der Waals surface area contributed by atoms with E-state index in [1.165, 1.54) is 7.11 Å². The van der Waals surface area contributed by atoms with Crippen LogP contribution in [0.3, 0.4) is 0 Å². The first-order valence-electron chi connectivity index (χ1n) is 10.2. The van der Waals surface area contributed by atoms with E-state index in [1.54, 1.807) is 30.3 Å². The van der Waals surface area contributed by atoms with Crippen molar-refractivity contribution in [2.24, 2.45) is 5.73 Å². The number of amides is 2. The highest BCUT2D eigenvalue weighted by Crippen LogP contribution is 2.17. The Hall–Kier alpha value is -3.10. The molecule has 0 aliphatic rings. The van der Waals surface area contributed by atoms with Crippen LogP contribution >= 0.6 is 11.6 Å². The van der Waals surface area contributed by atoms with E-state index in [2.05, 4.69) is 15.4 Å². The molecule has 0 spiro atoms. The lowest BCUT2D eigenvalue weighted by molar-refractivity contribution is -0.140. The molecule has 0 aromatic heterocycles. The first-order chi connectivity index (χ1) is 15.4. The Bertz CT molecular complexity index is 922. The normalized spacial score (nSPS) is 11.3. The number of benzene rings is 2. The molecule has 0 fully saturated rings. The molecule has 0 saturated carbocycles. The zero-order chi connectivity index (χ0) is 23.3. The molecule has 2 aromatic rings. The number of hydrogen-bond donors (Lipinski definition) is 3. The van der Waals surface area contributed by atoms with Gasteiger partial charge in [-0.05, 0) is 48.6 Å². The van der Waals surface area contributed by atoms with E-state index >= 15 is 0 Å². The van der Waals surface area contributed by atoms with Crippen LogP contribution in [0.5, 0.6) is 0 Å². The second-order valence-electron chi connectivity index (χ2n) is 7.10. The van der Waals surface area contributed by atoms with Crippen molar-refractivity contribution < 1.29 is 23.9 Å². The van der Waals surface area contributed by atoms with Gasteiger partial charge in [-0.2, -0.15) is 0 Å². The summed E-state index contributed by atoms with van der Waals surface area (Å²) in [5.74, 6) is -0.652. The average Bonchev–Trinajstić information content (AvgIpc) is 2.79. The zero-order valence-corrected chi connectivity index (χ0v) is 18.7. The van der Waals surface area contributed by atoms with Crippen molar-refractivity contribution in [1.29, 1.82) is 0 Å². The van der Waals surface area contributed by atoms with Gasteiger partial charge in [0.1, 0.15) is 6.61 Å². The minimum absolute atomic E-state index is 0.115. The topological polar surface area (TPSA) is 120 Å². The summed E-state index contributed by atoms with van der Waals surface area (Å²) in [6.07, 6.45) is 0.992. The molecule has 1 atom stereocenters. The Kier molecular flexibility index (Phi) is 10.5. The second kappa shape index (κ2) is 13.3. The third-order valence-corrected chi connectivity index (χ3v) is 4.89. The highest BCUT2D eigenvalue weighted by molar-refractivity contribution is 6.30. The molecule has 0 bridgehead atoms. The van der Waals surface area contributed by atoms with Gasteiger partial charge in [-0.1, -0.05) is 41.9 Å². The number of esters is 1. The Balaban J connectivity index is 1.70. The van der Waals surface area contributed by atoms with Crippen LogP contribution in [0.15, 0.2) is 48.5 Å². The number of alkyl carbamates (subject to hydrolysis) is 1. The number of rotatable bonds is 11. The molecule has 0 aliphatic carbocycles. The summed E-state index contributed by atoms with van der Waals surface area (Å²) < 4.78 is 9.78. The summed E-state index contributed by atoms with van der Waals surface area (Å²) in [4.78, 5) is 35.6. The quantitative estimate of drug-likeness (QED) is 0.348. The van der Waals surface area contributed by atoms with Crippen LogP contribution < -0.4 is 16.4 Å². The van der Waals surface area contributed by atoms with Crippen LogP contribution in [0.2, 0.25) is 5.02 Å². The molecule has 2 aromatic carbocycles. The molecular weight excluding hydrogens is 434 g/mol. The summed E-state index contributed by atoms with van der Waals surface area (Å²) >= 11 is 5.89. The van der Waals surface area contributed by atoms with Crippen LogP contribution in [-0.2, 0) is 32.1 Å². The summed E-state index contributed by atoms with van der Waals surface area (Å²) in [5.41, 5.74) is 8.20. The van der Waals surface area contributed by atoms with Crippen molar-refractivity contribution in [3.05, 3.63) is 64.7 Å². The summed E-state index contributed by atoms with van der Waals surface area (Å²) in [7, 11) is 1.34. The van der Waals surface area contributed by atoms with Crippen molar-refractivity contribution in [3.63, 3.8) is 0 Å². The Morgan fingerprint density at radius 2 is 1.91 bits per heavy atom. The third-order valence-electron chi connectivity index (χ3n) is 4.66. The number of aryl methyl sites for hydroxylation is 1. The second-order valence-corrected chi connectivity index (χ2v) is 7.54. The van der Waals surface area contributed by atoms with Crippen LogP contribution in [0.1, 0.15) is 30.4 Å². The van der Waals surface area contributed by atoms with Gasteiger partial charge in [0.2, 0.25) is 5.91 Å². The molecule has 32 heavy (non-hydrogen) atoms. The van der Waals surface area contributed by atoms with E-state index in [9.17, 15) is 14.4 Å². The maximum atomic E-state index is 12.4. The summed E-state index contributed by atoms with van der Waals surface area (Å²) in [5, 5.41) is 6.01. The van der Waals surface area contributed by atoms with Gasteiger partial charge in [0.15, 0.2) is 0 Å². The number of carbonyl (C=O) groups excluding carboxylic acids is 3. The van der Waals surface area contributed by atoms with Crippen molar-refractivity contribution in [3.8, 4) is 0 Å². The largest absolute Gasteiger partial charge is 0.469 e. The fourth-order valence-electron chi connectivity index (χ4n) is 2.89. The monoisotopic (exact) mass is 461 g/mol. The highest BCUT2D eigenvalue weighted by Gasteiger charge is 2.15. The average molecular weight is 462 g/mol. The SMILES string of the molecule is COC(=O)CCc1ccccc1NC(=O)[C@@H](N)CCCNC(=O)OCc1cccc(Cl)c1. The van der Waals surface area contributed by atoms with E-state index in [0.717, 1.165) is 11.1 Å². The van der Waals surface area contributed by atoms with E-state index in [1.807, 2.05) is 18.2 Å². The lowest BCUT2D eigenvalue weighted by Crippen LogP contribution is -2.36. The fourth-order valence-corrected chi connectivity index (χ4v) is 3.11. The zero-order valence-electron chi connectivity index (χ0n) is 17.9. The number of nitrogens with one attached hydrogen (secondary N) is 2. The fraction of sp³-hybridized carbons (Fsp3) is 0.348. The molecule has 0 heterocycles. The molecular formula is C23H28ClN3O5. The van der Waals surface area contributed by atoms with Gasteiger partial charge < -0.3 is 25.8 Å². The smallest absolute Gasteiger partial charge is 0.407 e. The van der Waals surface area contributed by atoms with Crippen LogP contribution in [0, 0.1) is 0 Å². The van der Waals surface area contributed by atoms with Crippen LogP contribution in [0.4, 0.5) is 10.5 Å². The molecule has 0 radical (unpaired) electrons. The van der Waals surface area contributed by atoms with Gasteiger partial charge in [0.05, 0.1) is 13.2 Å². The van der Waals surface area contributed by atoms with Gasteiger partial charge in [-0.3, -0.25) is 9.59 Å². The van der Waals surface area contributed by atoms with Crippen molar-refractivity contribution in [2.75, 3.05) is 19.0 Å². The third kappa shape index (κ3) is 8.95. The van der Waals surface area contributed by atoms with Gasteiger partial charge in [0.25, 0.3) is 0 Å². The molecule has 0 aliphatic heterocycles. The molecule has 9 heteroatoms. The Morgan fingerprint density at radius 3 is 2.66 bits per heavy atom. The van der Waals surface area contributed by atoms with Crippen molar-refractivity contribution in [1.82, 2.24) is 5.32 Å². The van der Waals surface area contributed by atoms with Crippen molar-refractivity contribution in [2.45, 2.75) is 38.3 Å². The van der Waals surface area contributed by atoms with Crippen LogP contribution in [0.25, 0.3) is 0 Å². The molecule has 0 unspecified atom stereocenters. The summed E-state index contributed by atoms with van der Waals surface area (Å²) in [6, 6.07) is 13.5. The standard InChI is InChI=1S/C23H28ClN3O5/c1-31-21(28)12-11-17-7-2-3-10-20(17)27-22(29)19(25)9-5-13-26-23(30)32-15-16-6-4-8-18(24)14-16/h2-4,6-8,10,14,19H,5,9,11-13,15,25H2,1H3,(H,26,30)(H,27,29)/t19-/m0/s1. The van der Waals surface area contributed by atoms with Crippen LogP contribution in [-0.4, -0.2) is 37.7 Å². The number of para-hydroxylation sites is 1. The first-order valence-corrected chi connectivity index (χ1v) is 10.6. The molecule has 4 N–H and O–H groups in total. The maximum Gasteiger partial charge on any atom is 0.407 e. The number of ether oxygens (including phenoxy) is 2. The summed E-state index contributed by atoms with van der Waals surface area (Å²) in [6.45, 7) is 0.439. The van der Waals surface area contributed by atoms with Gasteiger partial charge in [0, 0.05) is 23.7 Å². The van der Waals surface area contributed by atoms with E-state index in [0.29, 0.717) is 36.5 Å². The van der Waals surface area contributed by atoms with Gasteiger partial charge >= 0.3 is 12.1 Å². The minimum atomic E-state index is -0.743. The van der Waals surface area contributed by atoms with E-state index in [-0.39, 0.29) is 24.9 Å². The Morgan fingerprint density at radius 1 is 1.12 bits per heavy atom. The van der Waals surface area contributed by atoms with Gasteiger partial charge in [-0.15, -0.1) is 0 Å². The number of carbonyl (C=O) groups is 3. The van der Waals surface area contributed by atoms with Crippen molar-refractivity contribution >= 4 is 35.3 Å². The van der Waals surface area contributed by atoms with Gasteiger partial charge in [-0.25, -0.2) is 4.79 Å². The lowest BCUT2D eigenvalue weighted by atomic mass is 10.1. The number of anilines is 1. The number of nitrogens with two attached hydrogens (primary N) is 1. The molecule has 2 amide bonds. The van der Waals surface area contributed by atoms with E-state index < -0.39 is 12.1 Å². The molecule has 8 nitrogen and oxygen atoms in total. The maximum absolute atomic E-state index is 12.4. The Labute approximate surface area is 192 Å². The number of halogens is 1. The molecule has 0 saturated heterocycles. The number of methoxy groups -OCH3 is 1. The number of hydrogen-bond acceptors (Lipinski definition) is 6. The minimum Gasteiger partial charge on any atom is -0.469 e.